The number of non-ortho nitro benzene ring substituents is 1. The van der Waals surface area contributed by atoms with E-state index in [0.717, 1.165) is 38.0 Å². The number of carbonyl (C=O) groups is 1. The van der Waals surface area contributed by atoms with Crippen LogP contribution in [0.15, 0.2) is 18.2 Å². The van der Waals surface area contributed by atoms with Gasteiger partial charge < -0.3 is 9.80 Å². The summed E-state index contributed by atoms with van der Waals surface area (Å²) in [5.74, 6) is 0.520. The molecule has 118 valence electrons. The standard InChI is InChI=1S/C15H18ClN3O3/c16-13-10-12(19(21)22)4-5-14(13)17-6-1-7-18(9-8-17)15(20)11-2-3-11/h4-5,10-11H,1-3,6-9H2. The van der Waals surface area contributed by atoms with Crippen molar-refractivity contribution in [2.45, 2.75) is 19.3 Å². The van der Waals surface area contributed by atoms with Gasteiger partial charge in [0.05, 0.1) is 15.6 Å². The first kappa shape index (κ1) is 15.1. The fourth-order valence-corrected chi connectivity index (χ4v) is 3.13. The molecule has 0 bridgehead atoms. The van der Waals surface area contributed by atoms with Crippen molar-refractivity contribution in [3.05, 3.63) is 33.3 Å². The number of benzene rings is 1. The van der Waals surface area contributed by atoms with Crippen LogP contribution in [-0.4, -0.2) is 41.9 Å². The zero-order valence-corrected chi connectivity index (χ0v) is 13.0. The van der Waals surface area contributed by atoms with Gasteiger partial charge in [-0.1, -0.05) is 11.6 Å². The number of rotatable bonds is 3. The predicted octanol–water partition coefficient (Wildman–Crippen LogP) is 2.70. The zero-order chi connectivity index (χ0) is 15.7. The van der Waals surface area contributed by atoms with E-state index in [9.17, 15) is 14.9 Å². The lowest BCUT2D eigenvalue weighted by atomic mass is 10.2. The third-order valence-corrected chi connectivity index (χ3v) is 4.52. The second kappa shape index (κ2) is 6.12. The molecule has 1 aromatic carbocycles. The topological polar surface area (TPSA) is 66.7 Å². The summed E-state index contributed by atoms with van der Waals surface area (Å²) in [6.07, 6.45) is 2.92. The van der Waals surface area contributed by atoms with Gasteiger partial charge in [0.2, 0.25) is 5.91 Å². The minimum atomic E-state index is -0.450. The van der Waals surface area contributed by atoms with Crippen molar-refractivity contribution in [3.63, 3.8) is 0 Å². The summed E-state index contributed by atoms with van der Waals surface area (Å²) in [5.41, 5.74) is 0.794. The summed E-state index contributed by atoms with van der Waals surface area (Å²) in [7, 11) is 0. The first-order chi connectivity index (χ1) is 10.6. The molecule has 1 saturated heterocycles. The molecule has 0 radical (unpaired) electrons. The Bertz CT molecular complexity index is 604. The number of anilines is 1. The third kappa shape index (κ3) is 3.16. The van der Waals surface area contributed by atoms with E-state index in [0.29, 0.717) is 18.1 Å². The monoisotopic (exact) mass is 323 g/mol. The summed E-state index contributed by atoms with van der Waals surface area (Å²) in [5, 5.41) is 11.2. The molecule has 1 amide bonds. The number of nitro groups is 1. The number of nitro benzene ring substituents is 1. The van der Waals surface area contributed by atoms with Gasteiger partial charge in [0.25, 0.3) is 5.69 Å². The molecule has 0 atom stereocenters. The Morgan fingerprint density at radius 2 is 2.00 bits per heavy atom. The van der Waals surface area contributed by atoms with Gasteiger partial charge in [0, 0.05) is 44.2 Å². The van der Waals surface area contributed by atoms with Gasteiger partial charge >= 0.3 is 0 Å². The van der Waals surface area contributed by atoms with Crippen molar-refractivity contribution in [1.82, 2.24) is 4.90 Å². The fourth-order valence-electron chi connectivity index (χ4n) is 2.83. The molecule has 6 nitrogen and oxygen atoms in total. The van der Waals surface area contributed by atoms with E-state index in [4.69, 9.17) is 11.6 Å². The van der Waals surface area contributed by atoms with Crippen LogP contribution in [-0.2, 0) is 4.79 Å². The Hall–Kier alpha value is -1.82. The molecule has 1 aliphatic carbocycles. The third-order valence-electron chi connectivity index (χ3n) is 4.22. The van der Waals surface area contributed by atoms with Gasteiger partial charge in [-0.3, -0.25) is 14.9 Å². The molecule has 0 aromatic heterocycles. The van der Waals surface area contributed by atoms with E-state index >= 15 is 0 Å². The van der Waals surface area contributed by atoms with Crippen molar-refractivity contribution < 1.29 is 9.72 Å². The normalized spacial score (nSPS) is 19.0. The highest BCUT2D eigenvalue weighted by Crippen LogP contribution is 2.33. The highest BCUT2D eigenvalue weighted by atomic mass is 35.5. The van der Waals surface area contributed by atoms with Crippen LogP contribution in [0.2, 0.25) is 5.02 Å². The zero-order valence-electron chi connectivity index (χ0n) is 12.2. The summed E-state index contributed by atoms with van der Waals surface area (Å²) >= 11 is 6.19. The Labute approximate surface area is 133 Å². The van der Waals surface area contributed by atoms with Crippen LogP contribution in [0, 0.1) is 16.0 Å². The maximum Gasteiger partial charge on any atom is 0.271 e. The number of hydrogen-bond acceptors (Lipinski definition) is 4. The molecule has 0 spiro atoms. The second-order valence-electron chi connectivity index (χ2n) is 5.83. The quantitative estimate of drug-likeness (QED) is 0.633. The molecular weight excluding hydrogens is 306 g/mol. The van der Waals surface area contributed by atoms with E-state index in [2.05, 4.69) is 4.90 Å². The number of carbonyl (C=O) groups excluding carboxylic acids is 1. The minimum Gasteiger partial charge on any atom is -0.368 e. The van der Waals surface area contributed by atoms with Crippen molar-refractivity contribution in [3.8, 4) is 0 Å². The van der Waals surface area contributed by atoms with E-state index in [1.165, 1.54) is 12.1 Å². The number of amides is 1. The summed E-state index contributed by atoms with van der Waals surface area (Å²) in [6.45, 7) is 2.96. The molecule has 22 heavy (non-hydrogen) atoms. The Morgan fingerprint density at radius 3 is 2.64 bits per heavy atom. The van der Waals surface area contributed by atoms with E-state index in [-0.39, 0.29) is 17.5 Å². The smallest absolute Gasteiger partial charge is 0.271 e. The van der Waals surface area contributed by atoms with Crippen LogP contribution in [0.25, 0.3) is 0 Å². The number of halogens is 1. The summed E-state index contributed by atoms with van der Waals surface area (Å²) in [6, 6.07) is 4.55. The molecule has 1 aromatic rings. The Morgan fingerprint density at radius 1 is 1.23 bits per heavy atom. The average molecular weight is 324 g/mol. The van der Waals surface area contributed by atoms with E-state index in [1.807, 2.05) is 4.90 Å². The van der Waals surface area contributed by atoms with Crippen LogP contribution < -0.4 is 4.90 Å². The summed E-state index contributed by atoms with van der Waals surface area (Å²) < 4.78 is 0. The maximum absolute atomic E-state index is 12.1. The van der Waals surface area contributed by atoms with Crippen LogP contribution in [0.4, 0.5) is 11.4 Å². The fraction of sp³-hybridized carbons (Fsp3) is 0.533. The number of nitrogens with zero attached hydrogens (tertiary/aromatic N) is 3. The van der Waals surface area contributed by atoms with Crippen molar-refractivity contribution in [2.24, 2.45) is 5.92 Å². The molecule has 7 heteroatoms. The largest absolute Gasteiger partial charge is 0.368 e. The molecule has 0 N–H and O–H groups in total. The molecule has 1 heterocycles. The van der Waals surface area contributed by atoms with Gasteiger partial charge in [-0.25, -0.2) is 0 Å². The molecule has 1 saturated carbocycles. The molecule has 2 aliphatic rings. The summed E-state index contributed by atoms with van der Waals surface area (Å²) in [4.78, 5) is 26.5. The van der Waals surface area contributed by atoms with E-state index < -0.39 is 4.92 Å². The maximum atomic E-state index is 12.1. The van der Waals surface area contributed by atoms with Crippen LogP contribution in [0.1, 0.15) is 19.3 Å². The lowest BCUT2D eigenvalue weighted by molar-refractivity contribution is -0.384. The minimum absolute atomic E-state index is 0.00545. The molecule has 1 aliphatic heterocycles. The SMILES string of the molecule is O=C(C1CC1)N1CCCN(c2ccc([N+](=O)[O-])cc2Cl)CC1. The first-order valence-electron chi connectivity index (χ1n) is 7.54. The van der Waals surface area contributed by atoms with Gasteiger partial charge in [-0.15, -0.1) is 0 Å². The lowest BCUT2D eigenvalue weighted by Crippen LogP contribution is -2.36. The number of hydrogen-bond donors (Lipinski definition) is 0. The van der Waals surface area contributed by atoms with Gasteiger partial charge in [-0.05, 0) is 25.3 Å². The van der Waals surface area contributed by atoms with E-state index in [1.54, 1.807) is 6.07 Å². The van der Waals surface area contributed by atoms with Crippen LogP contribution in [0.5, 0.6) is 0 Å². The molecule has 0 unspecified atom stereocenters. The van der Waals surface area contributed by atoms with Gasteiger partial charge in [0.15, 0.2) is 0 Å². The highest BCUT2D eigenvalue weighted by Gasteiger charge is 2.34. The molecular formula is C15H18ClN3O3. The van der Waals surface area contributed by atoms with Gasteiger partial charge in [0.1, 0.15) is 0 Å². The average Bonchev–Trinajstić information content (AvgIpc) is 3.33. The predicted molar refractivity (Wildman–Crippen MR) is 84.2 cm³/mol. The van der Waals surface area contributed by atoms with Crippen molar-refractivity contribution in [1.29, 1.82) is 0 Å². The lowest BCUT2D eigenvalue weighted by Gasteiger charge is -2.24. The highest BCUT2D eigenvalue weighted by molar-refractivity contribution is 6.33. The Kier molecular flexibility index (Phi) is 4.20. The molecule has 3 rings (SSSR count). The first-order valence-corrected chi connectivity index (χ1v) is 7.92. The van der Waals surface area contributed by atoms with Crippen LogP contribution in [0.3, 0.4) is 0 Å². The van der Waals surface area contributed by atoms with Crippen molar-refractivity contribution >= 4 is 28.9 Å². The van der Waals surface area contributed by atoms with Gasteiger partial charge in [-0.2, -0.15) is 0 Å². The van der Waals surface area contributed by atoms with Crippen LogP contribution >= 0.6 is 11.6 Å². The second-order valence-corrected chi connectivity index (χ2v) is 6.24. The Balaban J connectivity index is 1.70. The molecule has 2 fully saturated rings. The van der Waals surface area contributed by atoms with Crippen molar-refractivity contribution in [2.75, 3.05) is 31.1 Å².